The van der Waals surface area contributed by atoms with Crippen molar-refractivity contribution in [2.75, 3.05) is 13.7 Å². The van der Waals surface area contributed by atoms with Gasteiger partial charge in [0.25, 0.3) is 0 Å². The third-order valence-electron chi connectivity index (χ3n) is 4.50. The zero-order valence-corrected chi connectivity index (χ0v) is 13.2. The molecule has 1 aromatic rings. The van der Waals surface area contributed by atoms with Crippen LogP contribution in [0.2, 0.25) is 0 Å². The van der Waals surface area contributed by atoms with Gasteiger partial charge in [-0.05, 0) is 37.5 Å². The molecule has 21 heavy (non-hydrogen) atoms. The van der Waals surface area contributed by atoms with Crippen molar-refractivity contribution in [2.24, 2.45) is 5.84 Å². The lowest BCUT2D eigenvalue weighted by Crippen LogP contribution is -2.48. The topological polar surface area (TPSA) is 56.5 Å². The summed E-state index contributed by atoms with van der Waals surface area (Å²) in [5.41, 5.74) is 3.93. The fourth-order valence-electron chi connectivity index (χ4n) is 3.50. The van der Waals surface area contributed by atoms with E-state index in [1.807, 2.05) is 12.1 Å². The van der Waals surface area contributed by atoms with Crippen LogP contribution < -0.4 is 16.0 Å². The second-order valence-electron chi connectivity index (χ2n) is 5.79. The molecule has 1 unspecified atom stereocenters. The molecular formula is C17H28N2O2. The van der Waals surface area contributed by atoms with Gasteiger partial charge in [0.05, 0.1) is 18.8 Å². The highest BCUT2D eigenvalue weighted by Gasteiger charge is 2.40. The Bertz CT molecular complexity index is 429. The van der Waals surface area contributed by atoms with Crippen molar-refractivity contribution in [1.82, 2.24) is 5.43 Å². The van der Waals surface area contributed by atoms with Crippen LogP contribution in [0.1, 0.15) is 57.1 Å². The van der Waals surface area contributed by atoms with E-state index in [0.717, 1.165) is 24.2 Å². The van der Waals surface area contributed by atoms with Crippen molar-refractivity contribution in [3.8, 4) is 5.75 Å². The molecule has 0 spiro atoms. The van der Waals surface area contributed by atoms with Gasteiger partial charge in [-0.1, -0.05) is 37.8 Å². The summed E-state index contributed by atoms with van der Waals surface area (Å²) in [5.74, 6) is 6.78. The Labute approximate surface area is 128 Å². The van der Waals surface area contributed by atoms with Crippen LogP contribution in [0.3, 0.4) is 0 Å². The third-order valence-corrected chi connectivity index (χ3v) is 4.50. The van der Waals surface area contributed by atoms with E-state index in [4.69, 9.17) is 15.3 Å². The average molecular weight is 292 g/mol. The Morgan fingerprint density at radius 3 is 2.52 bits per heavy atom. The summed E-state index contributed by atoms with van der Waals surface area (Å²) in [5, 5.41) is 0. The number of rotatable bonds is 6. The molecule has 1 fully saturated rings. The van der Waals surface area contributed by atoms with Crippen molar-refractivity contribution in [3.63, 3.8) is 0 Å². The third kappa shape index (κ3) is 3.76. The quantitative estimate of drug-likeness (QED) is 0.480. The molecule has 0 aromatic heterocycles. The molecule has 4 nitrogen and oxygen atoms in total. The monoisotopic (exact) mass is 292 g/mol. The van der Waals surface area contributed by atoms with E-state index in [1.54, 1.807) is 7.11 Å². The van der Waals surface area contributed by atoms with E-state index in [0.29, 0.717) is 6.61 Å². The van der Waals surface area contributed by atoms with Gasteiger partial charge >= 0.3 is 0 Å². The molecule has 1 aliphatic rings. The smallest absolute Gasteiger partial charge is 0.119 e. The summed E-state index contributed by atoms with van der Waals surface area (Å²) in [7, 11) is 1.69. The predicted octanol–water partition coefficient (Wildman–Crippen LogP) is 3.33. The molecule has 1 aliphatic carbocycles. The number of hydrazine groups is 1. The van der Waals surface area contributed by atoms with Gasteiger partial charge in [-0.3, -0.25) is 11.3 Å². The molecule has 2 rings (SSSR count). The number of ether oxygens (including phenoxy) is 2. The van der Waals surface area contributed by atoms with Crippen LogP contribution in [-0.2, 0) is 4.74 Å². The first-order valence-corrected chi connectivity index (χ1v) is 8.00. The first-order chi connectivity index (χ1) is 10.3. The zero-order valence-electron chi connectivity index (χ0n) is 13.2. The largest absolute Gasteiger partial charge is 0.497 e. The van der Waals surface area contributed by atoms with Gasteiger partial charge in [0.15, 0.2) is 0 Å². The van der Waals surface area contributed by atoms with Crippen LogP contribution in [0.4, 0.5) is 0 Å². The number of nitrogens with one attached hydrogen (secondary N) is 1. The first-order valence-electron chi connectivity index (χ1n) is 8.00. The number of nitrogens with two attached hydrogens (primary N) is 1. The van der Waals surface area contributed by atoms with Crippen molar-refractivity contribution in [2.45, 2.75) is 57.1 Å². The number of hydrogen-bond donors (Lipinski definition) is 2. The van der Waals surface area contributed by atoms with Gasteiger partial charge in [-0.15, -0.1) is 0 Å². The summed E-state index contributed by atoms with van der Waals surface area (Å²) in [6.07, 6.45) is 7.05. The molecular weight excluding hydrogens is 264 g/mol. The molecule has 3 N–H and O–H groups in total. The van der Waals surface area contributed by atoms with Crippen molar-refractivity contribution < 1.29 is 9.47 Å². The minimum absolute atomic E-state index is 0.00866. The Kier molecular flexibility index (Phi) is 6.03. The molecule has 1 saturated carbocycles. The highest BCUT2D eigenvalue weighted by atomic mass is 16.5. The fraction of sp³-hybridized carbons (Fsp3) is 0.647. The summed E-state index contributed by atoms with van der Waals surface area (Å²) >= 11 is 0. The van der Waals surface area contributed by atoms with Crippen molar-refractivity contribution in [1.29, 1.82) is 0 Å². The first kappa shape index (κ1) is 16.3. The van der Waals surface area contributed by atoms with Gasteiger partial charge < -0.3 is 9.47 Å². The van der Waals surface area contributed by atoms with Crippen LogP contribution in [0.15, 0.2) is 24.3 Å². The van der Waals surface area contributed by atoms with E-state index in [2.05, 4.69) is 24.5 Å². The Morgan fingerprint density at radius 1 is 1.24 bits per heavy atom. The van der Waals surface area contributed by atoms with Gasteiger partial charge in [-0.25, -0.2) is 0 Å². The van der Waals surface area contributed by atoms with Crippen LogP contribution >= 0.6 is 0 Å². The Balaban J connectivity index is 2.33. The van der Waals surface area contributed by atoms with Crippen molar-refractivity contribution in [3.05, 3.63) is 29.8 Å². The van der Waals surface area contributed by atoms with E-state index in [-0.39, 0.29) is 11.6 Å². The number of hydrogen-bond acceptors (Lipinski definition) is 4. The van der Waals surface area contributed by atoms with E-state index < -0.39 is 0 Å². The molecule has 0 amide bonds. The Hall–Kier alpha value is -1.10. The predicted molar refractivity (Wildman–Crippen MR) is 85.1 cm³/mol. The SMILES string of the molecule is CCOC1(C(NN)c2cccc(OC)c2)CCCCCC1. The minimum Gasteiger partial charge on any atom is -0.497 e. The van der Waals surface area contributed by atoms with E-state index >= 15 is 0 Å². The number of benzene rings is 1. The van der Waals surface area contributed by atoms with Crippen LogP contribution in [-0.4, -0.2) is 19.3 Å². The second kappa shape index (κ2) is 7.78. The lowest BCUT2D eigenvalue weighted by molar-refractivity contribution is -0.0783. The molecule has 0 radical (unpaired) electrons. The molecule has 0 aliphatic heterocycles. The maximum absolute atomic E-state index is 6.25. The standard InChI is InChI=1S/C17H28N2O2/c1-3-21-17(11-6-4-5-7-12-17)16(19-18)14-9-8-10-15(13-14)20-2/h8-10,13,16,19H,3-7,11-12,18H2,1-2H3. The summed E-state index contributed by atoms with van der Waals surface area (Å²) < 4.78 is 11.6. The lowest BCUT2D eigenvalue weighted by Gasteiger charge is -2.40. The highest BCUT2D eigenvalue weighted by Crippen LogP contribution is 2.40. The molecule has 0 saturated heterocycles. The van der Waals surface area contributed by atoms with Crippen molar-refractivity contribution >= 4 is 0 Å². The molecule has 0 heterocycles. The van der Waals surface area contributed by atoms with Crippen LogP contribution in [0.5, 0.6) is 5.75 Å². The summed E-state index contributed by atoms with van der Waals surface area (Å²) in [4.78, 5) is 0. The maximum atomic E-state index is 6.25. The lowest BCUT2D eigenvalue weighted by atomic mass is 9.82. The van der Waals surface area contributed by atoms with Gasteiger partial charge in [0, 0.05) is 6.61 Å². The molecule has 118 valence electrons. The van der Waals surface area contributed by atoms with Gasteiger partial charge in [0.1, 0.15) is 5.75 Å². The van der Waals surface area contributed by atoms with Gasteiger partial charge in [-0.2, -0.15) is 0 Å². The fourth-order valence-corrected chi connectivity index (χ4v) is 3.50. The summed E-state index contributed by atoms with van der Waals surface area (Å²) in [6, 6.07) is 8.10. The molecule has 1 atom stereocenters. The second-order valence-corrected chi connectivity index (χ2v) is 5.79. The number of methoxy groups -OCH3 is 1. The van der Waals surface area contributed by atoms with Crippen LogP contribution in [0, 0.1) is 0 Å². The summed E-state index contributed by atoms with van der Waals surface area (Å²) in [6.45, 7) is 2.77. The zero-order chi connectivity index (χ0) is 15.1. The van der Waals surface area contributed by atoms with Gasteiger partial charge in [0.2, 0.25) is 0 Å². The maximum Gasteiger partial charge on any atom is 0.119 e. The van der Waals surface area contributed by atoms with Crippen LogP contribution in [0.25, 0.3) is 0 Å². The average Bonchev–Trinajstić information content (AvgIpc) is 2.75. The normalized spacial score (nSPS) is 19.8. The molecule has 0 bridgehead atoms. The highest BCUT2D eigenvalue weighted by molar-refractivity contribution is 5.32. The van der Waals surface area contributed by atoms with E-state index in [9.17, 15) is 0 Å². The molecule has 4 heteroatoms. The Morgan fingerprint density at radius 2 is 1.95 bits per heavy atom. The molecule has 1 aromatic carbocycles. The van der Waals surface area contributed by atoms with E-state index in [1.165, 1.54) is 25.7 Å². The minimum atomic E-state index is -0.216.